The second kappa shape index (κ2) is 8.37. The third-order valence-electron chi connectivity index (χ3n) is 3.81. The van der Waals surface area contributed by atoms with Crippen LogP contribution in [0.2, 0.25) is 0 Å². The van der Waals surface area contributed by atoms with Crippen LogP contribution in [0.15, 0.2) is 24.3 Å². The summed E-state index contributed by atoms with van der Waals surface area (Å²) < 4.78 is 40.1. The van der Waals surface area contributed by atoms with Crippen LogP contribution < -0.4 is 15.8 Å². The van der Waals surface area contributed by atoms with Crippen LogP contribution in [0.5, 0.6) is 5.75 Å². The Kier molecular flexibility index (Phi) is 6.43. The molecule has 2 rings (SSSR count). The highest BCUT2D eigenvalue weighted by molar-refractivity contribution is 5.92. The van der Waals surface area contributed by atoms with E-state index in [1.165, 1.54) is 12.1 Å². The largest absolute Gasteiger partial charge is 0.573 e. The Morgan fingerprint density at radius 2 is 1.77 bits per heavy atom. The van der Waals surface area contributed by atoms with Gasteiger partial charge in [-0.2, -0.15) is 0 Å². The lowest BCUT2D eigenvalue weighted by Gasteiger charge is -2.35. The van der Waals surface area contributed by atoms with E-state index >= 15 is 0 Å². The first-order chi connectivity index (χ1) is 12.1. The molecule has 0 spiro atoms. The highest BCUT2D eigenvalue weighted by Gasteiger charge is 2.31. The fourth-order valence-corrected chi connectivity index (χ4v) is 2.56. The normalized spacial score (nSPS) is 16.9. The SMILES string of the molecule is C[C@@H](N)C(=O)N1CCN(CC(=O)Nc2ccc(OC(F)(F)F)cc2)CC1. The Bertz CT molecular complexity index is 627. The van der Waals surface area contributed by atoms with Crippen molar-refractivity contribution in [3.63, 3.8) is 0 Å². The Labute approximate surface area is 148 Å². The molecule has 1 atom stereocenters. The van der Waals surface area contributed by atoms with Gasteiger partial charge in [0.2, 0.25) is 11.8 Å². The number of nitrogens with two attached hydrogens (primary N) is 1. The smallest absolute Gasteiger partial charge is 0.406 e. The summed E-state index contributed by atoms with van der Waals surface area (Å²) in [6.45, 7) is 3.84. The maximum absolute atomic E-state index is 12.1. The second-order valence-electron chi connectivity index (χ2n) is 6.01. The van der Waals surface area contributed by atoms with E-state index in [2.05, 4.69) is 10.1 Å². The molecule has 1 aromatic rings. The highest BCUT2D eigenvalue weighted by Crippen LogP contribution is 2.23. The van der Waals surface area contributed by atoms with Gasteiger partial charge in [-0.05, 0) is 31.2 Å². The van der Waals surface area contributed by atoms with Gasteiger partial charge in [-0.3, -0.25) is 14.5 Å². The van der Waals surface area contributed by atoms with Crippen LogP contribution >= 0.6 is 0 Å². The Hall–Kier alpha value is -2.33. The van der Waals surface area contributed by atoms with Crippen molar-refractivity contribution < 1.29 is 27.5 Å². The van der Waals surface area contributed by atoms with Crippen molar-refractivity contribution in [2.45, 2.75) is 19.3 Å². The van der Waals surface area contributed by atoms with Gasteiger partial charge in [-0.25, -0.2) is 0 Å². The number of piperazine rings is 1. The summed E-state index contributed by atoms with van der Waals surface area (Å²) in [5, 5.41) is 2.61. The van der Waals surface area contributed by atoms with Crippen molar-refractivity contribution in [2.75, 3.05) is 38.0 Å². The molecule has 10 heteroatoms. The van der Waals surface area contributed by atoms with E-state index in [4.69, 9.17) is 5.73 Å². The van der Waals surface area contributed by atoms with Gasteiger partial charge < -0.3 is 20.7 Å². The summed E-state index contributed by atoms with van der Waals surface area (Å²) in [6.07, 6.45) is -4.75. The van der Waals surface area contributed by atoms with E-state index in [-0.39, 0.29) is 24.1 Å². The van der Waals surface area contributed by atoms with Gasteiger partial charge in [0.05, 0.1) is 12.6 Å². The Morgan fingerprint density at radius 1 is 1.19 bits per heavy atom. The number of rotatable bonds is 5. The zero-order valence-corrected chi connectivity index (χ0v) is 14.3. The van der Waals surface area contributed by atoms with Gasteiger partial charge in [-0.15, -0.1) is 13.2 Å². The van der Waals surface area contributed by atoms with Crippen molar-refractivity contribution in [1.29, 1.82) is 0 Å². The summed E-state index contributed by atoms with van der Waals surface area (Å²) in [6, 6.07) is 4.37. The van der Waals surface area contributed by atoms with Crippen LogP contribution in [-0.4, -0.2) is 66.7 Å². The summed E-state index contributed by atoms with van der Waals surface area (Å²) in [4.78, 5) is 27.4. The van der Waals surface area contributed by atoms with Gasteiger partial charge in [0.1, 0.15) is 5.75 Å². The summed E-state index contributed by atoms with van der Waals surface area (Å²) in [5.74, 6) is -0.762. The quantitative estimate of drug-likeness (QED) is 0.803. The lowest BCUT2D eigenvalue weighted by molar-refractivity contribution is -0.274. The van der Waals surface area contributed by atoms with Gasteiger partial charge in [0, 0.05) is 31.9 Å². The Morgan fingerprint density at radius 3 is 2.27 bits per heavy atom. The lowest BCUT2D eigenvalue weighted by Crippen LogP contribution is -2.53. The molecule has 3 N–H and O–H groups in total. The van der Waals surface area contributed by atoms with E-state index in [1.54, 1.807) is 11.8 Å². The number of benzene rings is 1. The zero-order valence-electron chi connectivity index (χ0n) is 14.3. The topological polar surface area (TPSA) is 87.9 Å². The number of ether oxygens (including phenoxy) is 1. The van der Waals surface area contributed by atoms with Crippen LogP contribution in [0.4, 0.5) is 18.9 Å². The van der Waals surface area contributed by atoms with Crippen LogP contribution in [0.1, 0.15) is 6.92 Å². The monoisotopic (exact) mass is 374 g/mol. The molecule has 1 aliphatic rings. The summed E-state index contributed by atoms with van der Waals surface area (Å²) in [7, 11) is 0. The van der Waals surface area contributed by atoms with Gasteiger partial charge in [0.15, 0.2) is 0 Å². The molecule has 1 heterocycles. The zero-order chi connectivity index (χ0) is 19.3. The predicted octanol–water partition coefficient (Wildman–Crippen LogP) is 1.02. The van der Waals surface area contributed by atoms with E-state index in [9.17, 15) is 22.8 Å². The second-order valence-corrected chi connectivity index (χ2v) is 6.01. The fraction of sp³-hybridized carbons (Fsp3) is 0.500. The van der Waals surface area contributed by atoms with Gasteiger partial charge in [0.25, 0.3) is 0 Å². The molecule has 26 heavy (non-hydrogen) atoms. The molecule has 7 nitrogen and oxygen atoms in total. The lowest BCUT2D eigenvalue weighted by atomic mass is 10.2. The van der Waals surface area contributed by atoms with E-state index in [0.29, 0.717) is 31.9 Å². The summed E-state index contributed by atoms with van der Waals surface area (Å²) in [5.41, 5.74) is 5.94. The van der Waals surface area contributed by atoms with E-state index in [0.717, 1.165) is 12.1 Å². The first-order valence-corrected chi connectivity index (χ1v) is 8.06. The molecule has 2 amide bonds. The molecule has 0 radical (unpaired) electrons. The molecule has 1 aromatic carbocycles. The maximum atomic E-state index is 12.1. The van der Waals surface area contributed by atoms with Gasteiger partial charge >= 0.3 is 6.36 Å². The van der Waals surface area contributed by atoms with Crippen LogP contribution in [0, 0.1) is 0 Å². The number of carbonyl (C=O) groups is 2. The number of hydrogen-bond acceptors (Lipinski definition) is 5. The van der Waals surface area contributed by atoms with Crippen molar-refractivity contribution >= 4 is 17.5 Å². The molecule has 1 fully saturated rings. The number of halogens is 3. The first kappa shape index (κ1) is 20.0. The minimum atomic E-state index is -4.75. The number of nitrogens with zero attached hydrogens (tertiary/aromatic N) is 2. The molecule has 0 aliphatic carbocycles. The predicted molar refractivity (Wildman–Crippen MR) is 88.4 cm³/mol. The van der Waals surface area contributed by atoms with E-state index < -0.39 is 12.4 Å². The molecule has 144 valence electrons. The highest BCUT2D eigenvalue weighted by atomic mass is 19.4. The number of nitrogens with one attached hydrogen (secondary N) is 1. The van der Waals surface area contributed by atoms with Crippen molar-refractivity contribution in [3.8, 4) is 5.75 Å². The molecule has 0 saturated carbocycles. The number of alkyl halides is 3. The molecule has 0 unspecified atom stereocenters. The van der Waals surface area contributed by atoms with Crippen molar-refractivity contribution in [3.05, 3.63) is 24.3 Å². The number of anilines is 1. The molecule has 1 saturated heterocycles. The van der Waals surface area contributed by atoms with E-state index in [1.807, 2.05) is 4.90 Å². The molecule has 0 aromatic heterocycles. The van der Waals surface area contributed by atoms with Gasteiger partial charge in [-0.1, -0.05) is 0 Å². The Balaban J connectivity index is 1.78. The minimum absolute atomic E-state index is 0.115. The molecular weight excluding hydrogens is 353 g/mol. The van der Waals surface area contributed by atoms with Crippen LogP contribution in [0.25, 0.3) is 0 Å². The molecule has 0 bridgehead atoms. The average Bonchev–Trinajstić information content (AvgIpc) is 2.55. The molecular formula is C16H21F3N4O3. The van der Waals surface area contributed by atoms with Crippen molar-refractivity contribution in [2.24, 2.45) is 5.73 Å². The third-order valence-corrected chi connectivity index (χ3v) is 3.81. The number of hydrogen-bond donors (Lipinski definition) is 2. The minimum Gasteiger partial charge on any atom is -0.406 e. The number of carbonyl (C=O) groups excluding carboxylic acids is 2. The maximum Gasteiger partial charge on any atom is 0.573 e. The van der Waals surface area contributed by atoms with Crippen molar-refractivity contribution in [1.82, 2.24) is 9.80 Å². The molecule has 1 aliphatic heterocycles. The average molecular weight is 374 g/mol. The first-order valence-electron chi connectivity index (χ1n) is 8.06. The standard InChI is InChI=1S/C16H21F3N4O3/c1-11(20)15(25)23-8-6-22(7-9-23)10-14(24)21-12-2-4-13(5-3-12)26-16(17,18)19/h2-5,11H,6-10,20H2,1H3,(H,21,24)/t11-/m1/s1. The fourth-order valence-electron chi connectivity index (χ4n) is 2.56. The third kappa shape index (κ3) is 6.19. The van der Waals surface area contributed by atoms with Crippen LogP contribution in [-0.2, 0) is 9.59 Å². The summed E-state index contributed by atoms with van der Waals surface area (Å²) >= 11 is 0. The van der Waals surface area contributed by atoms with Crippen LogP contribution in [0.3, 0.4) is 0 Å². The number of amides is 2.